The first kappa shape index (κ1) is 11.5. The third-order valence-corrected chi connectivity index (χ3v) is 2.51. The van der Waals surface area contributed by atoms with Crippen LogP contribution in [0.3, 0.4) is 0 Å². The highest BCUT2D eigenvalue weighted by Crippen LogP contribution is 2.28. The predicted molar refractivity (Wildman–Crippen MR) is 61.6 cm³/mol. The molecule has 5 heteroatoms. The summed E-state index contributed by atoms with van der Waals surface area (Å²) in [6.45, 7) is 0. The number of hydrogen-bond donors (Lipinski definition) is 1. The van der Waals surface area contributed by atoms with Crippen molar-refractivity contribution >= 4 is 17.6 Å². The molecule has 0 fully saturated rings. The minimum Gasteiger partial charge on any atom is -0.478 e. The molecule has 0 aliphatic heterocycles. The van der Waals surface area contributed by atoms with Gasteiger partial charge in [-0.15, -0.1) is 0 Å². The summed E-state index contributed by atoms with van der Waals surface area (Å²) < 4.78 is 13.5. The monoisotopic (exact) mass is 251 g/mol. The standard InChI is InChI=1S/C12H7ClFNO2/c13-7-1-2-8(10(5-7)12(16)17)9-3-4-15-6-11(9)14/h1-6H,(H,16,17). The smallest absolute Gasteiger partial charge is 0.336 e. The van der Waals surface area contributed by atoms with Crippen LogP contribution in [0.5, 0.6) is 0 Å². The number of aromatic nitrogens is 1. The normalized spacial score (nSPS) is 10.2. The molecule has 1 N–H and O–H groups in total. The lowest BCUT2D eigenvalue weighted by atomic mass is 10.0. The van der Waals surface area contributed by atoms with Crippen molar-refractivity contribution in [2.75, 3.05) is 0 Å². The summed E-state index contributed by atoms with van der Waals surface area (Å²) in [7, 11) is 0. The van der Waals surface area contributed by atoms with Gasteiger partial charge in [-0.2, -0.15) is 0 Å². The van der Waals surface area contributed by atoms with E-state index in [0.717, 1.165) is 6.20 Å². The number of nitrogens with zero attached hydrogens (tertiary/aromatic N) is 1. The van der Waals surface area contributed by atoms with Gasteiger partial charge in [0, 0.05) is 16.8 Å². The molecular formula is C12H7ClFNO2. The minimum atomic E-state index is -1.15. The van der Waals surface area contributed by atoms with E-state index in [1.807, 2.05) is 0 Å². The van der Waals surface area contributed by atoms with Crippen LogP contribution in [0.1, 0.15) is 10.4 Å². The lowest BCUT2D eigenvalue weighted by molar-refractivity contribution is 0.0697. The molecule has 0 saturated carbocycles. The first-order valence-corrected chi connectivity index (χ1v) is 5.10. The van der Waals surface area contributed by atoms with Crippen LogP contribution in [-0.2, 0) is 0 Å². The van der Waals surface area contributed by atoms with Gasteiger partial charge in [-0.25, -0.2) is 9.18 Å². The number of hydrogen-bond acceptors (Lipinski definition) is 2. The summed E-state index contributed by atoms with van der Waals surface area (Å²) >= 11 is 5.72. The summed E-state index contributed by atoms with van der Waals surface area (Å²) in [5, 5.41) is 9.34. The number of benzene rings is 1. The second-order valence-corrected chi connectivity index (χ2v) is 3.79. The zero-order valence-electron chi connectivity index (χ0n) is 8.52. The number of pyridine rings is 1. The van der Waals surface area contributed by atoms with E-state index in [1.165, 1.54) is 30.5 Å². The molecule has 0 spiro atoms. The quantitative estimate of drug-likeness (QED) is 0.891. The van der Waals surface area contributed by atoms with Gasteiger partial charge in [0.05, 0.1) is 11.8 Å². The van der Waals surface area contributed by atoms with Crippen molar-refractivity contribution in [2.24, 2.45) is 0 Å². The van der Waals surface area contributed by atoms with Crippen LogP contribution in [-0.4, -0.2) is 16.1 Å². The molecule has 0 saturated heterocycles. The van der Waals surface area contributed by atoms with Gasteiger partial charge in [-0.05, 0) is 23.8 Å². The summed E-state index contributed by atoms with van der Waals surface area (Å²) in [6.07, 6.45) is 2.44. The highest BCUT2D eigenvalue weighted by Gasteiger charge is 2.14. The molecule has 1 heterocycles. The van der Waals surface area contributed by atoms with Crippen molar-refractivity contribution in [1.82, 2.24) is 4.98 Å². The molecule has 0 bridgehead atoms. The molecule has 1 aromatic carbocycles. The van der Waals surface area contributed by atoms with Crippen LogP contribution in [0.2, 0.25) is 5.02 Å². The van der Waals surface area contributed by atoms with Crippen molar-refractivity contribution in [3.63, 3.8) is 0 Å². The Bertz CT molecular complexity index is 586. The summed E-state index contributed by atoms with van der Waals surface area (Å²) in [5.41, 5.74) is 0.429. The van der Waals surface area contributed by atoms with E-state index in [2.05, 4.69) is 4.98 Å². The fourth-order valence-electron chi connectivity index (χ4n) is 1.52. The van der Waals surface area contributed by atoms with Crippen LogP contribution >= 0.6 is 11.6 Å². The van der Waals surface area contributed by atoms with Crippen molar-refractivity contribution in [2.45, 2.75) is 0 Å². The van der Waals surface area contributed by atoms with E-state index in [0.29, 0.717) is 5.02 Å². The Morgan fingerprint density at radius 1 is 1.29 bits per heavy atom. The van der Waals surface area contributed by atoms with Crippen molar-refractivity contribution < 1.29 is 14.3 Å². The van der Waals surface area contributed by atoms with Crippen LogP contribution in [0.4, 0.5) is 4.39 Å². The van der Waals surface area contributed by atoms with Gasteiger partial charge in [-0.3, -0.25) is 4.98 Å². The lowest BCUT2D eigenvalue weighted by Gasteiger charge is -2.07. The summed E-state index contributed by atoms with van der Waals surface area (Å²) in [4.78, 5) is 14.7. The third kappa shape index (κ3) is 2.26. The summed E-state index contributed by atoms with van der Waals surface area (Å²) in [6, 6.07) is 5.71. The molecular weight excluding hydrogens is 245 g/mol. The number of aromatic carboxylic acids is 1. The van der Waals surface area contributed by atoms with Gasteiger partial charge in [0.1, 0.15) is 5.82 Å². The molecule has 0 aliphatic rings. The molecule has 0 aliphatic carbocycles. The van der Waals surface area contributed by atoms with Gasteiger partial charge in [0.25, 0.3) is 0 Å². The van der Waals surface area contributed by atoms with Crippen LogP contribution < -0.4 is 0 Å². The van der Waals surface area contributed by atoms with E-state index >= 15 is 0 Å². The maximum Gasteiger partial charge on any atom is 0.336 e. The zero-order valence-corrected chi connectivity index (χ0v) is 9.28. The van der Waals surface area contributed by atoms with Crippen LogP contribution in [0.15, 0.2) is 36.7 Å². The second-order valence-electron chi connectivity index (χ2n) is 3.35. The average molecular weight is 252 g/mol. The van der Waals surface area contributed by atoms with E-state index < -0.39 is 11.8 Å². The van der Waals surface area contributed by atoms with Gasteiger partial charge in [-0.1, -0.05) is 17.7 Å². The largest absolute Gasteiger partial charge is 0.478 e. The fourth-order valence-corrected chi connectivity index (χ4v) is 1.69. The highest BCUT2D eigenvalue weighted by molar-refractivity contribution is 6.31. The van der Waals surface area contributed by atoms with Crippen LogP contribution in [0.25, 0.3) is 11.1 Å². The number of carboxylic acids is 1. The van der Waals surface area contributed by atoms with E-state index in [4.69, 9.17) is 16.7 Å². The maximum absolute atomic E-state index is 13.5. The number of rotatable bonds is 2. The molecule has 0 amide bonds. The Labute approximate surface area is 101 Å². The lowest BCUT2D eigenvalue weighted by Crippen LogP contribution is -2.00. The molecule has 86 valence electrons. The molecule has 0 unspecified atom stereocenters. The maximum atomic E-state index is 13.5. The minimum absolute atomic E-state index is 0.0393. The molecule has 0 atom stereocenters. The second kappa shape index (κ2) is 4.51. The van der Waals surface area contributed by atoms with Gasteiger partial charge < -0.3 is 5.11 Å². The van der Waals surface area contributed by atoms with E-state index in [1.54, 1.807) is 0 Å². The molecule has 17 heavy (non-hydrogen) atoms. The Balaban J connectivity index is 2.68. The van der Waals surface area contributed by atoms with Crippen LogP contribution in [0, 0.1) is 5.82 Å². The molecule has 3 nitrogen and oxygen atoms in total. The molecule has 2 rings (SSSR count). The number of carbonyl (C=O) groups is 1. The molecule has 2 aromatic rings. The topological polar surface area (TPSA) is 50.2 Å². The number of carboxylic acid groups (broad SMARTS) is 1. The highest BCUT2D eigenvalue weighted by atomic mass is 35.5. The Morgan fingerprint density at radius 3 is 2.71 bits per heavy atom. The van der Waals surface area contributed by atoms with Crippen molar-refractivity contribution in [3.8, 4) is 11.1 Å². The van der Waals surface area contributed by atoms with E-state index in [9.17, 15) is 9.18 Å². The first-order valence-electron chi connectivity index (χ1n) is 4.72. The molecule has 1 aromatic heterocycles. The Hall–Kier alpha value is -1.94. The average Bonchev–Trinajstić information content (AvgIpc) is 2.30. The third-order valence-electron chi connectivity index (χ3n) is 2.27. The molecule has 0 radical (unpaired) electrons. The predicted octanol–water partition coefficient (Wildman–Crippen LogP) is 3.24. The first-order chi connectivity index (χ1) is 8.09. The van der Waals surface area contributed by atoms with E-state index in [-0.39, 0.29) is 16.7 Å². The fraction of sp³-hybridized carbons (Fsp3) is 0. The van der Waals surface area contributed by atoms with Gasteiger partial charge >= 0.3 is 5.97 Å². The van der Waals surface area contributed by atoms with Gasteiger partial charge in [0.2, 0.25) is 0 Å². The van der Waals surface area contributed by atoms with Crippen molar-refractivity contribution in [3.05, 3.63) is 53.1 Å². The Kier molecular flexibility index (Phi) is 3.06. The zero-order chi connectivity index (χ0) is 12.4. The number of halogens is 2. The SMILES string of the molecule is O=C(O)c1cc(Cl)ccc1-c1ccncc1F. The van der Waals surface area contributed by atoms with Gasteiger partial charge in [0.15, 0.2) is 0 Å². The summed E-state index contributed by atoms with van der Waals surface area (Å²) in [5.74, 6) is -1.73. The Morgan fingerprint density at radius 2 is 2.06 bits per heavy atom. The van der Waals surface area contributed by atoms with Crippen molar-refractivity contribution in [1.29, 1.82) is 0 Å².